The van der Waals surface area contributed by atoms with Crippen molar-refractivity contribution in [1.29, 1.82) is 0 Å². The Balaban J connectivity index is 0.000000352. The molecule has 0 heterocycles. The van der Waals surface area contributed by atoms with E-state index in [2.05, 4.69) is 6.58 Å². The Morgan fingerprint density at radius 3 is 1.31 bits per heavy atom. The Morgan fingerprint density at radius 1 is 0.724 bits per heavy atom. The van der Waals surface area contributed by atoms with E-state index in [0.29, 0.717) is 12.2 Å². The van der Waals surface area contributed by atoms with Crippen LogP contribution in [-0.4, -0.2) is 24.3 Å². The van der Waals surface area contributed by atoms with E-state index in [1.165, 1.54) is 96.3 Å². The van der Waals surface area contributed by atoms with Crippen LogP contribution in [0.5, 0.6) is 0 Å². The molecule has 0 aromatic heterocycles. The summed E-state index contributed by atoms with van der Waals surface area (Å²) in [6.07, 6.45) is 25.5. The van der Waals surface area contributed by atoms with Gasteiger partial charge in [-0.3, -0.25) is 0 Å². The van der Waals surface area contributed by atoms with Crippen LogP contribution < -0.4 is 0 Å². The van der Waals surface area contributed by atoms with Gasteiger partial charge >= 0.3 is 5.97 Å². The second-order valence-corrected chi connectivity index (χ2v) is 9.52. The zero-order chi connectivity index (χ0) is 21.2. The molecular weight excluding hydrogens is 360 g/mol. The number of carbonyl (C=O) groups is 1. The Kier molecular flexibility index (Phi) is 15.3. The van der Waals surface area contributed by atoms with Crippen molar-refractivity contribution in [1.82, 2.24) is 0 Å². The van der Waals surface area contributed by atoms with Gasteiger partial charge < -0.3 is 9.84 Å². The molecule has 0 atom stereocenters. The van der Waals surface area contributed by atoms with Crippen molar-refractivity contribution in [2.24, 2.45) is 5.41 Å². The summed E-state index contributed by atoms with van der Waals surface area (Å²) in [5.41, 5.74) is 0.190. The molecule has 0 radical (unpaired) electrons. The van der Waals surface area contributed by atoms with E-state index in [-0.39, 0.29) is 18.0 Å². The van der Waals surface area contributed by atoms with E-state index < -0.39 is 0 Å². The Bertz CT molecular complexity index is 386. The van der Waals surface area contributed by atoms with Gasteiger partial charge in [0.1, 0.15) is 0 Å². The normalized spacial score (nSPS) is 21.7. The number of esters is 1. The van der Waals surface area contributed by atoms with Crippen LogP contribution in [0.15, 0.2) is 12.2 Å². The molecule has 2 aliphatic carbocycles. The lowest BCUT2D eigenvalue weighted by atomic mass is 9.78. The molecular formula is C26H48O3. The van der Waals surface area contributed by atoms with Crippen molar-refractivity contribution in [2.75, 3.05) is 13.2 Å². The summed E-state index contributed by atoms with van der Waals surface area (Å²) in [5, 5.41) is 9.76. The largest absolute Gasteiger partial charge is 0.462 e. The zero-order valence-corrected chi connectivity index (χ0v) is 19.3. The van der Waals surface area contributed by atoms with E-state index >= 15 is 0 Å². The number of ether oxygens (including phenoxy) is 1. The number of aliphatic hydroxyl groups excluding tert-OH is 1. The minimum Gasteiger partial charge on any atom is -0.462 e. The SMILES string of the molecule is C1CCCCCCCCC1.C=C(C)C(=O)OCC1(CO)CCCCCCCCC1. The number of aliphatic hydroxyl groups is 1. The van der Waals surface area contributed by atoms with Crippen LogP contribution in [0, 0.1) is 5.41 Å². The van der Waals surface area contributed by atoms with Crippen LogP contribution in [0.1, 0.15) is 129 Å². The maximum Gasteiger partial charge on any atom is 0.333 e. The first-order chi connectivity index (χ1) is 14.1. The van der Waals surface area contributed by atoms with Crippen LogP contribution in [0.3, 0.4) is 0 Å². The van der Waals surface area contributed by atoms with Crippen molar-refractivity contribution >= 4 is 5.97 Å². The molecule has 2 aliphatic rings. The van der Waals surface area contributed by atoms with Gasteiger partial charge in [0.2, 0.25) is 0 Å². The third-order valence-electron chi connectivity index (χ3n) is 6.61. The molecule has 0 unspecified atom stereocenters. The highest BCUT2D eigenvalue weighted by Gasteiger charge is 2.30. The van der Waals surface area contributed by atoms with E-state index in [9.17, 15) is 9.90 Å². The highest BCUT2D eigenvalue weighted by molar-refractivity contribution is 5.86. The number of hydrogen-bond donors (Lipinski definition) is 1. The minimum atomic E-state index is -0.343. The van der Waals surface area contributed by atoms with Gasteiger partial charge in [0.15, 0.2) is 0 Å². The third kappa shape index (κ3) is 13.2. The van der Waals surface area contributed by atoms with E-state index in [0.717, 1.165) is 25.7 Å². The summed E-state index contributed by atoms with van der Waals surface area (Å²) in [5.74, 6) is -0.343. The number of carbonyl (C=O) groups excluding carboxylic acids is 1. The molecule has 3 nitrogen and oxygen atoms in total. The van der Waals surface area contributed by atoms with Gasteiger partial charge in [0.25, 0.3) is 0 Å². The third-order valence-corrected chi connectivity index (χ3v) is 6.61. The van der Waals surface area contributed by atoms with E-state index in [1.807, 2.05) is 0 Å². The molecule has 0 aromatic rings. The molecule has 0 aliphatic heterocycles. The van der Waals surface area contributed by atoms with Crippen molar-refractivity contribution < 1.29 is 14.6 Å². The number of rotatable bonds is 4. The average molecular weight is 409 g/mol. The fraction of sp³-hybridized carbons (Fsp3) is 0.885. The lowest BCUT2D eigenvalue weighted by Gasteiger charge is -2.32. The second-order valence-electron chi connectivity index (χ2n) is 9.52. The predicted molar refractivity (Wildman–Crippen MR) is 123 cm³/mol. The maximum absolute atomic E-state index is 11.5. The fourth-order valence-corrected chi connectivity index (χ4v) is 4.47. The van der Waals surface area contributed by atoms with Gasteiger partial charge in [-0.1, -0.05) is 116 Å². The van der Waals surface area contributed by atoms with Crippen molar-refractivity contribution in [3.8, 4) is 0 Å². The van der Waals surface area contributed by atoms with Crippen LogP contribution >= 0.6 is 0 Å². The highest BCUT2D eigenvalue weighted by atomic mass is 16.5. The van der Waals surface area contributed by atoms with Crippen LogP contribution in [-0.2, 0) is 9.53 Å². The molecule has 170 valence electrons. The molecule has 29 heavy (non-hydrogen) atoms. The summed E-state index contributed by atoms with van der Waals surface area (Å²) in [4.78, 5) is 11.5. The molecule has 2 saturated carbocycles. The van der Waals surface area contributed by atoms with Crippen LogP contribution in [0.2, 0.25) is 0 Å². The van der Waals surface area contributed by atoms with Gasteiger partial charge in [-0.05, 0) is 19.8 Å². The molecule has 0 spiro atoms. The summed E-state index contributed by atoms with van der Waals surface area (Å²) in [6, 6.07) is 0. The molecule has 0 saturated heterocycles. The molecule has 0 aromatic carbocycles. The Hall–Kier alpha value is -0.830. The smallest absolute Gasteiger partial charge is 0.333 e. The zero-order valence-electron chi connectivity index (χ0n) is 19.3. The average Bonchev–Trinajstić information content (AvgIpc) is 2.75. The number of hydrogen-bond acceptors (Lipinski definition) is 3. The maximum atomic E-state index is 11.5. The lowest BCUT2D eigenvalue weighted by molar-refractivity contribution is -0.144. The van der Waals surface area contributed by atoms with Gasteiger partial charge in [-0.2, -0.15) is 0 Å². The highest BCUT2D eigenvalue weighted by Crippen LogP contribution is 2.33. The topological polar surface area (TPSA) is 46.5 Å². The molecule has 0 bridgehead atoms. The van der Waals surface area contributed by atoms with E-state index in [4.69, 9.17) is 4.74 Å². The first kappa shape index (κ1) is 26.2. The van der Waals surface area contributed by atoms with Crippen molar-refractivity contribution in [3.63, 3.8) is 0 Å². The summed E-state index contributed by atoms with van der Waals surface area (Å²) < 4.78 is 5.31. The lowest BCUT2D eigenvalue weighted by Crippen LogP contribution is -2.33. The first-order valence-electron chi connectivity index (χ1n) is 12.5. The van der Waals surface area contributed by atoms with E-state index in [1.54, 1.807) is 6.92 Å². The molecule has 0 amide bonds. The minimum absolute atomic E-state index is 0.108. The fourth-order valence-electron chi connectivity index (χ4n) is 4.47. The van der Waals surface area contributed by atoms with Gasteiger partial charge in [0, 0.05) is 11.0 Å². The van der Waals surface area contributed by atoms with Crippen LogP contribution in [0.4, 0.5) is 0 Å². The molecule has 1 N–H and O–H groups in total. The summed E-state index contributed by atoms with van der Waals surface area (Å²) in [6.45, 7) is 5.68. The predicted octanol–water partition coefficient (Wildman–Crippen LogP) is 7.51. The monoisotopic (exact) mass is 408 g/mol. The van der Waals surface area contributed by atoms with Gasteiger partial charge in [-0.15, -0.1) is 0 Å². The summed E-state index contributed by atoms with van der Waals surface area (Å²) >= 11 is 0. The summed E-state index contributed by atoms with van der Waals surface area (Å²) in [7, 11) is 0. The molecule has 3 heteroatoms. The standard InChI is InChI=1S/C16H28O3.C10H20/c1-14(2)15(18)19-13-16(12-17)10-8-6-4-3-5-7-9-11-16;1-2-4-6-8-10-9-7-5-3-1/h17H,1,3-13H2,2H3;1-10H2. The molecule has 2 fully saturated rings. The van der Waals surface area contributed by atoms with Gasteiger partial charge in [-0.25, -0.2) is 4.79 Å². The van der Waals surface area contributed by atoms with Crippen molar-refractivity contribution in [3.05, 3.63) is 12.2 Å². The quantitative estimate of drug-likeness (QED) is 0.387. The first-order valence-corrected chi connectivity index (χ1v) is 12.5. The van der Waals surface area contributed by atoms with Crippen molar-refractivity contribution in [2.45, 2.75) is 129 Å². The molecule has 2 rings (SSSR count). The Morgan fingerprint density at radius 2 is 1.03 bits per heavy atom. The van der Waals surface area contributed by atoms with Crippen LogP contribution in [0.25, 0.3) is 0 Å². The Labute approximate surface area is 180 Å². The van der Waals surface area contributed by atoms with Gasteiger partial charge in [0.05, 0.1) is 13.2 Å². The second kappa shape index (κ2) is 16.9.